The Morgan fingerprint density at radius 3 is 2.65 bits per heavy atom. The molecule has 1 amide bonds. The summed E-state index contributed by atoms with van der Waals surface area (Å²) in [6.45, 7) is 1.82. The molecule has 0 radical (unpaired) electrons. The maximum absolute atomic E-state index is 13.3. The van der Waals surface area contributed by atoms with Crippen LogP contribution in [0.1, 0.15) is 24.9 Å². The van der Waals surface area contributed by atoms with E-state index in [0.717, 1.165) is 12.1 Å². The Morgan fingerprint density at radius 2 is 2.09 bits per heavy atom. The molecule has 0 saturated carbocycles. The van der Waals surface area contributed by atoms with Crippen molar-refractivity contribution in [2.75, 3.05) is 25.1 Å². The van der Waals surface area contributed by atoms with E-state index in [1.54, 1.807) is 18.9 Å². The zero-order valence-electron chi connectivity index (χ0n) is 13.1. The highest BCUT2D eigenvalue weighted by molar-refractivity contribution is 7.91. The largest absolute Gasteiger partial charge is 0.351 e. The number of halogens is 2. The maximum Gasteiger partial charge on any atom is 0.234 e. The average molecular weight is 346 g/mol. The van der Waals surface area contributed by atoms with E-state index < -0.39 is 21.5 Å². The summed E-state index contributed by atoms with van der Waals surface area (Å²) in [6, 6.07) is 3.00. The topological polar surface area (TPSA) is 66.5 Å². The van der Waals surface area contributed by atoms with Gasteiger partial charge >= 0.3 is 0 Å². The molecule has 1 aromatic rings. The fourth-order valence-electron chi connectivity index (χ4n) is 2.57. The second kappa shape index (κ2) is 6.92. The number of benzene rings is 1. The number of carbonyl (C=O) groups excluding carboxylic acids is 1. The SMILES string of the molecule is C[C@H](c1ccc(F)c(F)c1)N(C)CC(=O)N[C@@H]1CCS(=O)(=O)C1. The van der Waals surface area contributed by atoms with Crippen molar-refractivity contribution in [2.24, 2.45) is 0 Å². The number of hydrogen-bond donors (Lipinski definition) is 1. The Balaban J connectivity index is 1.91. The summed E-state index contributed by atoms with van der Waals surface area (Å²) in [5.41, 5.74) is 0.558. The van der Waals surface area contributed by atoms with Crippen LogP contribution in [0.3, 0.4) is 0 Å². The van der Waals surface area contributed by atoms with E-state index in [4.69, 9.17) is 0 Å². The van der Waals surface area contributed by atoms with Gasteiger partial charge in [-0.3, -0.25) is 9.69 Å². The van der Waals surface area contributed by atoms with Gasteiger partial charge in [-0.25, -0.2) is 17.2 Å². The number of nitrogens with one attached hydrogen (secondary N) is 1. The van der Waals surface area contributed by atoms with Crippen LogP contribution in [0, 0.1) is 11.6 Å². The minimum atomic E-state index is -3.04. The molecule has 1 aromatic carbocycles. The molecule has 8 heteroatoms. The summed E-state index contributed by atoms with van der Waals surface area (Å²) in [5.74, 6) is -2.06. The second-order valence-electron chi connectivity index (χ2n) is 5.93. The molecule has 1 N–H and O–H groups in total. The Bertz CT molecular complexity index is 694. The number of rotatable bonds is 5. The number of nitrogens with zero attached hydrogens (tertiary/aromatic N) is 1. The van der Waals surface area contributed by atoms with E-state index >= 15 is 0 Å². The quantitative estimate of drug-likeness (QED) is 0.872. The Labute approximate surface area is 134 Å². The minimum Gasteiger partial charge on any atom is -0.351 e. The Hall–Kier alpha value is -1.54. The van der Waals surface area contributed by atoms with Crippen LogP contribution in [0.25, 0.3) is 0 Å². The van der Waals surface area contributed by atoms with Gasteiger partial charge in [0.2, 0.25) is 5.91 Å². The molecule has 1 aliphatic heterocycles. The van der Waals surface area contributed by atoms with Crippen LogP contribution < -0.4 is 5.32 Å². The van der Waals surface area contributed by atoms with Gasteiger partial charge in [-0.1, -0.05) is 6.07 Å². The number of sulfone groups is 1. The summed E-state index contributed by atoms with van der Waals surface area (Å²) in [4.78, 5) is 13.7. The van der Waals surface area contributed by atoms with Crippen LogP contribution in [-0.4, -0.2) is 50.4 Å². The molecule has 1 saturated heterocycles. The summed E-state index contributed by atoms with van der Waals surface area (Å²) >= 11 is 0. The third-order valence-corrected chi connectivity index (χ3v) is 5.85. The van der Waals surface area contributed by atoms with Gasteiger partial charge in [-0.05, 0) is 38.1 Å². The highest BCUT2D eigenvalue weighted by atomic mass is 32.2. The van der Waals surface area contributed by atoms with Gasteiger partial charge in [0, 0.05) is 12.1 Å². The van der Waals surface area contributed by atoms with Crippen LogP contribution in [-0.2, 0) is 14.6 Å². The van der Waals surface area contributed by atoms with Gasteiger partial charge in [0.05, 0.1) is 18.1 Å². The molecule has 23 heavy (non-hydrogen) atoms. The number of hydrogen-bond acceptors (Lipinski definition) is 4. The second-order valence-corrected chi connectivity index (χ2v) is 8.16. The van der Waals surface area contributed by atoms with Gasteiger partial charge in [0.1, 0.15) is 0 Å². The molecule has 5 nitrogen and oxygen atoms in total. The zero-order valence-corrected chi connectivity index (χ0v) is 13.9. The molecule has 0 bridgehead atoms. The molecular formula is C15H20F2N2O3S. The molecule has 2 atom stereocenters. The van der Waals surface area contributed by atoms with Crippen LogP contribution >= 0.6 is 0 Å². The summed E-state index contributed by atoms with van der Waals surface area (Å²) in [6.07, 6.45) is 0.427. The highest BCUT2D eigenvalue weighted by Gasteiger charge is 2.29. The lowest BCUT2D eigenvalue weighted by molar-refractivity contribution is -0.122. The van der Waals surface area contributed by atoms with Crippen molar-refractivity contribution >= 4 is 15.7 Å². The third kappa shape index (κ3) is 4.71. The predicted octanol–water partition coefficient (Wildman–Crippen LogP) is 1.26. The van der Waals surface area contributed by atoms with Crippen LogP contribution in [0.15, 0.2) is 18.2 Å². The average Bonchev–Trinajstić information content (AvgIpc) is 2.79. The fourth-order valence-corrected chi connectivity index (χ4v) is 4.25. The first-order valence-corrected chi connectivity index (χ1v) is 9.15. The smallest absolute Gasteiger partial charge is 0.234 e. The van der Waals surface area contributed by atoms with Gasteiger partial charge < -0.3 is 5.32 Å². The summed E-state index contributed by atoms with van der Waals surface area (Å²) in [7, 11) is -1.35. The minimum absolute atomic E-state index is 0.0266. The maximum atomic E-state index is 13.3. The van der Waals surface area contributed by atoms with Crippen molar-refractivity contribution in [1.82, 2.24) is 10.2 Å². The van der Waals surface area contributed by atoms with Crippen molar-refractivity contribution in [2.45, 2.75) is 25.4 Å². The van der Waals surface area contributed by atoms with Crippen molar-refractivity contribution in [1.29, 1.82) is 0 Å². The normalized spacial score (nSPS) is 21.3. The monoisotopic (exact) mass is 346 g/mol. The first-order chi connectivity index (χ1) is 10.7. The van der Waals surface area contributed by atoms with Crippen molar-refractivity contribution in [3.8, 4) is 0 Å². The lowest BCUT2D eigenvalue weighted by Crippen LogP contribution is -2.42. The summed E-state index contributed by atoms with van der Waals surface area (Å²) < 4.78 is 49.0. The Kier molecular flexibility index (Phi) is 5.36. The van der Waals surface area contributed by atoms with E-state index in [1.165, 1.54) is 6.07 Å². The molecule has 2 rings (SSSR count). The fraction of sp³-hybridized carbons (Fsp3) is 0.533. The molecule has 1 heterocycles. The van der Waals surface area contributed by atoms with Crippen LogP contribution in [0.2, 0.25) is 0 Å². The van der Waals surface area contributed by atoms with E-state index in [0.29, 0.717) is 12.0 Å². The molecule has 1 fully saturated rings. The molecule has 1 aliphatic rings. The molecular weight excluding hydrogens is 326 g/mol. The van der Waals surface area contributed by atoms with Crippen molar-refractivity contribution < 1.29 is 22.0 Å². The first-order valence-electron chi connectivity index (χ1n) is 7.33. The van der Waals surface area contributed by atoms with Gasteiger partial charge in [-0.15, -0.1) is 0 Å². The van der Waals surface area contributed by atoms with Crippen molar-refractivity contribution in [3.05, 3.63) is 35.4 Å². The third-order valence-electron chi connectivity index (χ3n) is 4.08. The van der Waals surface area contributed by atoms with Crippen LogP contribution in [0.5, 0.6) is 0 Å². The van der Waals surface area contributed by atoms with E-state index in [2.05, 4.69) is 5.32 Å². The van der Waals surface area contributed by atoms with Crippen molar-refractivity contribution in [3.63, 3.8) is 0 Å². The number of amides is 1. The molecule has 0 aromatic heterocycles. The highest BCUT2D eigenvalue weighted by Crippen LogP contribution is 2.20. The lowest BCUT2D eigenvalue weighted by atomic mass is 10.1. The number of carbonyl (C=O) groups is 1. The van der Waals surface area contributed by atoms with E-state index in [1.807, 2.05) is 0 Å². The Morgan fingerprint density at radius 1 is 1.39 bits per heavy atom. The molecule has 0 unspecified atom stereocenters. The van der Waals surface area contributed by atoms with Gasteiger partial charge in [0.15, 0.2) is 21.5 Å². The standard InChI is InChI=1S/C15H20F2N2O3S/c1-10(11-3-4-13(16)14(17)7-11)19(2)8-15(20)18-12-5-6-23(21,22)9-12/h3-4,7,10,12H,5-6,8-9H2,1-2H3,(H,18,20)/t10-,12-/m1/s1. The van der Waals surface area contributed by atoms with Crippen LogP contribution in [0.4, 0.5) is 8.78 Å². The van der Waals surface area contributed by atoms with Gasteiger partial charge in [-0.2, -0.15) is 0 Å². The molecule has 0 aliphatic carbocycles. The first kappa shape index (κ1) is 17.8. The van der Waals surface area contributed by atoms with Gasteiger partial charge in [0.25, 0.3) is 0 Å². The molecule has 0 spiro atoms. The zero-order chi connectivity index (χ0) is 17.2. The predicted molar refractivity (Wildman–Crippen MR) is 82.6 cm³/mol. The lowest BCUT2D eigenvalue weighted by Gasteiger charge is -2.25. The van der Waals surface area contributed by atoms with E-state index in [9.17, 15) is 22.0 Å². The number of likely N-dealkylation sites (N-methyl/N-ethyl adjacent to an activating group) is 1. The van der Waals surface area contributed by atoms with E-state index in [-0.39, 0.29) is 36.0 Å². The summed E-state index contributed by atoms with van der Waals surface area (Å²) in [5, 5.41) is 2.70. The molecule has 128 valence electrons.